The van der Waals surface area contributed by atoms with Crippen LogP contribution in [0.3, 0.4) is 0 Å². The number of carbonyl (C=O) groups is 2. The van der Waals surface area contributed by atoms with Crippen LogP contribution in [0.1, 0.15) is 25.3 Å². The number of rotatable bonds is 7. The molecule has 124 valence electrons. The van der Waals surface area contributed by atoms with E-state index < -0.39 is 11.8 Å². The lowest BCUT2D eigenvalue weighted by atomic mass is 10.1. The highest BCUT2D eigenvalue weighted by atomic mass is 79.9. The Hall–Kier alpha value is -1.18. The zero-order valence-electron chi connectivity index (χ0n) is 12.7. The minimum Gasteiger partial charge on any atom is -0.395 e. The summed E-state index contributed by atoms with van der Waals surface area (Å²) in [5.74, 6) is -0.851. The molecule has 0 atom stereocenters. The molecule has 7 heteroatoms. The number of nitrogens with zero attached hydrogens (tertiary/aromatic N) is 1. The average Bonchev–Trinajstić information content (AvgIpc) is 2.76. The van der Waals surface area contributed by atoms with Crippen molar-refractivity contribution in [2.45, 2.75) is 26.2 Å². The van der Waals surface area contributed by atoms with Crippen LogP contribution in [0.25, 0.3) is 0 Å². The van der Waals surface area contributed by atoms with Crippen molar-refractivity contribution in [3.05, 3.63) is 38.4 Å². The summed E-state index contributed by atoms with van der Waals surface area (Å²) in [4.78, 5) is 25.0. The van der Waals surface area contributed by atoms with E-state index in [9.17, 15) is 9.59 Å². The number of halogens is 2. The molecule has 1 aromatic carbocycles. The maximum absolute atomic E-state index is 12.2. The van der Waals surface area contributed by atoms with Gasteiger partial charge in [-0.05, 0) is 62.4 Å². The second-order valence-electron chi connectivity index (χ2n) is 5.24. The molecule has 0 unspecified atom stereocenters. The first-order valence-corrected chi connectivity index (χ1v) is 8.99. The number of benzene rings is 1. The van der Waals surface area contributed by atoms with Crippen molar-refractivity contribution < 1.29 is 14.7 Å². The molecular formula is C16H18Br2N2O3. The molecular weight excluding hydrogens is 428 g/mol. The van der Waals surface area contributed by atoms with Gasteiger partial charge in [0, 0.05) is 15.0 Å². The van der Waals surface area contributed by atoms with Crippen molar-refractivity contribution in [2.24, 2.45) is 0 Å². The number of carbonyl (C=O) groups excluding carboxylic acids is 2. The van der Waals surface area contributed by atoms with Gasteiger partial charge in [-0.15, -0.1) is 0 Å². The van der Waals surface area contributed by atoms with Crippen molar-refractivity contribution in [1.82, 2.24) is 4.90 Å². The monoisotopic (exact) mass is 444 g/mol. The number of anilines is 1. The van der Waals surface area contributed by atoms with Crippen molar-refractivity contribution in [1.29, 1.82) is 0 Å². The van der Waals surface area contributed by atoms with Crippen molar-refractivity contribution in [3.63, 3.8) is 0 Å². The maximum atomic E-state index is 12.2. The Morgan fingerprint density at radius 3 is 2.43 bits per heavy atom. The van der Waals surface area contributed by atoms with Gasteiger partial charge in [0.15, 0.2) is 0 Å². The van der Waals surface area contributed by atoms with Crippen molar-refractivity contribution >= 4 is 49.4 Å². The lowest BCUT2D eigenvalue weighted by Crippen LogP contribution is -2.34. The molecule has 23 heavy (non-hydrogen) atoms. The van der Waals surface area contributed by atoms with Crippen LogP contribution in [0.2, 0.25) is 0 Å². The SMILES string of the molecule is CCCCc1cc(Br)c(NC2=CC(=O)N(CCO)C2=O)c(Br)c1. The second-order valence-corrected chi connectivity index (χ2v) is 6.95. The topological polar surface area (TPSA) is 69.6 Å². The van der Waals surface area contributed by atoms with E-state index in [1.54, 1.807) is 0 Å². The molecule has 0 aromatic heterocycles. The summed E-state index contributed by atoms with van der Waals surface area (Å²) in [6.07, 6.45) is 4.47. The molecule has 0 bridgehead atoms. The zero-order chi connectivity index (χ0) is 17.0. The fraction of sp³-hybridized carbons (Fsp3) is 0.375. The summed E-state index contributed by atoms with van der Waals surface area (Å²) in [5, 5.41) is 11.9. The number of nitrogens with one attached hydrogen (secondary N) is 1. The van der Waals surface area contributed by atoms with Gasteiger partial charge < -0.3 is 10.4 Å². The zero-order valence-corrected chi connectivity index (χ0v) is 15.9. The predicted octanol–water partition coefficient (Wildman–Crippen LogP) is 3.21. The molecule has 0 aliphatic carbocycles. The first-order chi connectivity index (χ1) is 11.0. The quantitative estimate of drug-likeness (QED) is 0.632. The molecule has 1 aliphatic rings. The standard InChI is InChI=1S/C16H18Br2N2O3/c1-2-3-4-10-7-11(17)15(12(18)8-10)19-13-9-14(22)20(5-6-21)16(13)23/h7-9,19,21H,2-6H2,1H3. The van der Waals surface area contributed by atoms with Crippen LogP contribution in [0.4, 0.5) is 5.69 Å². The Bertz CT molecular complexity index is 636. The number of aliphatic hydroxyl groups excluding tert-OH is 1. The highest BCUT2D eigenvalue weighted by molar-refractivity contribution is 9.11. The maximum Gasteiger partial charge on any atom is 0.277 e. The van der Waals surface area contributed by atoms with Gasteiger partial charge in [0.05, 0.1) is 18.8 Å². The summed E-state index contributed by atoms with van der Waals surface area (Å²) >= 11 is 7.02. The normalized spacial score (nSPS) is 14.4. The van der Waals surface area contributed by atoms with E-state index in [-0.39, 0.29) is 18.8 Å². The van der Waals surface area contributed by atoms with Gasteiger partial charge in [0.1, 0.15) is 5.70 Å². The molecule has 0 saturated carbocycles. The Labute approximate surface area is 152 Å². The smallest absolute Gasteiger partial charge is 0.277 e. The Morgan fingerprint density at radius 1 is 1.22 bits per heavy atom. The van der Waals surface area contributed by atoms with Crippen LogP contribution in [-0.4, -0.2) is 35.0 Å². The first-order valence-electron chi connectivity index (χ1n) is 7.41. The van der Waals surface area contributed by atoms with E-state index in [0.29, 0.717) is 5.69 Å². The predicted molar refractivity (Wildman–Crippen MR) is 96.0 cm³/mol. The molecule has 2 amide bonds. The minimum absolute atomic E-state index is 0.00234. The van der Waals surface area contributed by atoms with E-state index in [0.717, 1.165) is 33.1 Å². The highest BCUT2D eigenvalue weighted by Crippen LogP contribution is 2.34. The fourth-order valence-corrected chi connectivity index (χ4v) is 3.79. The van der Waals surface area contributed by atoms with E-state index in [1.165, 1.54) is 11.6 Å². The molecule has 1 heterocycles. The molecule has 1 aromatic rings. The summed E-state index contributed by atoms with van der Waals surface area (Å²) < 4.78 is 1.64. The fourth-order valence-electron chi connectivity index (χ4n) is 2.31. The summed E-state index contributed by atoms with van der Waals surface area (Å²) in [6.45, 7) is 1.89. The van der Waals surface area contributed by atoms with E-state index in [2.05, 4.69) is 44.1 Å². The molecule has 0 radical (unpaired) electrons. The Kier molecular flexibility index (Phi) is 6.38. The number of hydrogen-bond acceptors (Lipinski definition) is 4. The number of aliphatic hydroxyl groups is 1. The number of β-amino-alcohol motifs (C(OH)–C–C–N with tert-alkyl or cyclic N) is 1. The van der Waals surface area contributed by atoms with E-state index >= 15 is 0 Å². The van der Waals surface area contributed by atoms with Gasteiger partial charge in [-0.25, -0.2) is 0 Å². The third kappa shape index (κ3) is 4.22. The van der Waals surface area contributed by atoms with Crippen LogP contribution < -0.4 is 5.32 Å². The van der Waals surface area contributed by atoms with Gasteiger partial charge >= 0.3 is 0 Å². The lowest BCUT2D eigenvalue weighted by Gasteiger charge is -2.15. The molecule has 2 rings (SSSR count). The van der Waals surface area contributed by atoms with Gasteiger partial charge in [0.25, 0.3) is 11.8 Å². The molecule has 0 saturated heterocycles. The highest BCUT2D eigenvalue weighted by Gasteiger charge is 2.31. The van der Waals surface area contributed by atoms with E-state index in [1.807, 2.05) is 12.1 Å². The summed E-state index contributed by atoms with van der Waals surface area (Å²) in [5.41, 5.74) is 2.09. The molecule has 0 fully saturated rings. The second kappa shape index (κ2) is 8.08. The summed E-state index contributed by atoms with van der Waals surface area (Å²) in [6, 6.07) is 4.02. The van der Waals surface area contributed by atoms with Crippen LogP contribution in [0.15, 0.2) is 32.9 Å². The molecule has 1 aliphatic heterocycles. The van der Waals surface area contributed by atoms with Gasteiger partial charge in [-0.1, -0.05) is 13.3 Å². The van der Waals surface area contributed by atoms with Crippen molar-refractivity contribution in [2.75, 3.05) is 18.5 Å². The van der Waals surface area contributed by atoms with Crippen LogP contribution in [0.5, 0.6) is 0 Å². The van der Waals surface area contributed by atoms with Crippen LogP contribution >= 0.6 is 31.9 Å². The molecule has 0 spiro atoms. The Balaban J connectivity index is 2.19. The third-order valence-corrected chi connectivity index (χ3v) is 4.76. The van der Waals surface area contributed by atoms with Crippen LogP contribution in [0, 0.1) is 0 Å². The number of amides is 2. The number of imide groups is 1. The lowest BCUT2D eigenvalue weighted by molar-refractivity contribution is -0.137. The molecule has 5 nitrogen and oxygen atoms in total. The van der Waals surface area contributed by atoms with Gasteiger partial charge in [-0.2, -0.15) is 0 Å². The summed E-state index contributed by atoms with van der Waals surface area (Å²) in [7, 11) is 0. The van der Waals surface area contributed by atoms with Gasteiger partial charge in [0.2, 0.25) is 0 Å². The van der Waals surface area contributed by atoms with E-state index in [4.69, 9.17) is 5.11 Å². The largest absolute Gasteiger partial charge is 0.395 e. The van der Waals surface area contributed by atoms with Gasteiger partial charge in [-0.3, -0.25) is 14.5 Å². The van der Waals surface area contributed by atoms with Crippen molar-refractivity contribution in [3.8, 4) is 0 Å². The number of unbranched alkanes of at least 4 members (excludes halogenated alkanes) is 1. The van der Waals surface area contributed by atoms with Crippen LogP contribution in [-0.2, 0) is 16.0 Å². The molecule has 2 N–H and O–H groups in total. The Morgan fingerprint density at radius 2 is 1.87 bits per heavy atom. The third-order valence-electron chi connectivity index (χ3n) is 3.51. The number of aryl methyl sites for hydroxylation is 1. The number of hydrogen-bond donors (Lipinski definition) is 2. The average molecular weight is 446 g/mol. The minimum atomic E-state index is -0.432. The first kappa shape index (κ1) is 18.2.